The monoisotopic (exact) mass is 363 g/mol. The smallest absolute Gasteiger partial charge is 0.291 e. The number of furan rings is 1. The number of rotatable bonds is 4. The molecule has 1 amide bonds. The van der Waals surface area contributed by atoms with Crippen molar-refractivity contribution in [2.75, 3.05) is 5.32 Å². The van der Waals surface area contributed by atoms with E-state index in [0.29, 0.717) is 17.1 Å². The number of halogens is 1. The predicted octanol–water partition coefficient (Wildman–Crippen LogP) is 3.53. The van der Waals surface area contributed by atoms with E-state index in [9.17, 15) is 9.18 Å². The summed E-state index contributed by atoms with van der Waals surface area (Å²) in [7, 11) is 1.73. The van der Waals surface area contributed by atoms with Crippen molar-refractivity contribution in [1.29, 1.82) is 0 Å². The number of hydrogen-bond acceptors (Lipinski definition) is 5. The molecule has 1 N–H and O–H groups in total. The van der Waals surface area contributed by atoms with Crippen molar-refractivity contribution in [3.63, 3.8) is 0 Å². The average Bonchev–Trinajstić information content (AvgIpc) is 3.31. The Kier molecular flexibility index (Phi) is 4.21. The van der Waals surface area contributed by atoms with Crippen molar-refractivity contribution >= 4 is 11.6 Å². The molecule has 0 aliphatic carbocycles. The Labute approximate surface area is 153 Å². The van der Waals surface area contributed by atoms with Gasteiger partial charge in [0.15, 0.2) is 11.6 Å². The molecular weight excluding hydrogens is 349 g/mol. The van der Waals surface area contributed by atoms with Crippen molar-refractivity contribution in [2.45, 2.75) is 0 Å². The number of benzene rings is 2. The van der Waals surface area contributed by atoms with E-state index in [1.165, 1.54) is 16.8 Å². The van der Waals surface area contributed by atoms with Crippen molar-refractivity contribution in [3.8, 4) is 22.7 Å². The first kappa shape index (κ1) is 16.6. The van der Waals surface area contributed by atoms with Crippen molar-refractivity contribution < 1.29 is 13.6 Å². The maximum absolute atomic E-state index is 13.9. The van der Waals surface area contributed by atoms with Crippen LogP contribution < -0.4 is 5.32 Å². The van der Waals surface area contributed by atoms with Gasteiger partial charge < -0.3 is 9.73 Å². The van der Waals surface area contributed by atoms with Crippen LogP contribution in [0.4, 0.5) is 10.1 Å². The Morgan fingerprint density at radius 1 is 1.11 bits per heavy atom. The van der Waals surface area contributed by atoms with Gasteiger partial charge in [-0.15, -0.1) is 5.10 Å². The fraction of sp³-hybridized carbons (Fsp3) is 0.0526. The van der Waals surface area contributed by atoms with Gasteiger partial charge in [-0.2, -0.15) is 0 Å². The summed E-state index contributed by atoms with van der Waals surface area (Å²) in [4.78, 5) is 12.5. The summed E-state index contributed by atoms with van der Waals surface area (Å²) in [6.07, 6.45) is 0. The third-order valence-electron chi connectivity index (χ3n) is 3.97. The van der Waals surface area contributed by atoms with Crippen LogP contribution in [0.25, 0.3) is 22.7 Å². The Hall–Kier alpha value is -3.81. The Morgan fingerprint density at radius 3 is 2.74 bits per heavy atom. The zero-order chi connectivity index (χ0) is 18.8. The van der Waals surface area contributed by atoms with Crippen LogP contribution in [0, 0.1) is 5.82 Å². The van der Waals surface area contributed by atoms with E-state index in [1.54, 1.807) is 49.5 Å². The van der Waals surface area contributed by atoms with Gasteiger partial charge in [0, 0.05) is 18.3 Å². The fourth-order valence-electron chi connectivity index (χ4n) is 2.67. The molecular formula is C19H14FN5O2. The second-order valence-electron chi connectivity index (χ2n) is 5.80. The largest absolute Gasteiger partial charge is 0.451 e. The number of anilines is 1. The molecule has 2 heterocycles. The number of carbonyl (C=O) groups is 1. The van der Waals surface area contributed by atoms with Crippen LogP contribution >= 0.6 is 0 Å². The Balaban J connectivity index is 1.55. The molecule has 27 heavy (non-hydrogen) atoms. The molecule has 8 heteroatoms. The molecule has 0 saturated carbocycles. The predicted molar refractivity (Wildman–Crippen MR) is 96.3 cm³/mol. The number of tetrazole rings is 1. The zero-order valence-corrected chi connectivity index (χ0v) is 14.3. The van der Waals surface area contributed by atoms with Gasteiger partial charge in [-0.3, -0.25) is 4.79 Å². The lowest BCUT2D eigenvalue weighted by molar-refractivity contribution is 0.0997. The third-order valence-corrected chi connectivity index (χ3v) is 3.97. The third kappa shape index (κ3) is 3.32. The summed E-state index contributed by atoms with van der Waals surface area (Å²) in [6.45, 7) is 0. The van der Waals surface area contributed by atoms with Gasteiger partial charge in [0.1, 0.15) is 11.6 Å². The van der Waals surface area contributed by atoms with Crippen LogP contribution in [0.15, 0.2) is 65.1 Å². The highest BCUT2D eigenvalue weighted by Crippen LogP contribution is 2.25. The second-order valence-corrected chi connectivity index (χ2v) is 5.80. The molecule has 134 valence electrons. The second kappa shape index (κ2) is 6.83. The van der Waals surface area contributed by atoms with Gasteiger partial charge in [-0.05, 0) is 46.8 Å². The van der Waals surface area contributed by atoms with E-state index < -0.39 is 11.7 Å². The van der Waals surface area contributed by atoms with Crippen LogP contribution in [0.3, 0.4) is 0 Å². The van der Waals surface area contributed by atoms with E-state index in [4.69, 9.17) is 4.42 Å². The van der Waals surface area contributed by atoms with Crippen molar-refractivity contribution in [2.24, 2.45) is 7.05 Å². The molecule has 0 radical (unpaired) electrons. The highest BCUT2D eigenvalue weighted by Gasteiger charge is 2.15. The summed E-state index contributed by atoms with van der Waals surface area (Å²) >= 11 is 0. The van der Waals surface area contributed by atoms with Crippen molar-refractivity contribution in [1.82, 2.24) is 20.2 Å². The molecule has 0 unspecified atom stereocenters. The lowest BCUT2D eigenvalue weighted by atomic mass is 10.1. The molecule has 0 fully saturated rings. The van der Waals surface area contributed by atoms with Gasteiger partial charge in [0.2, 0.25) is 0 Å². The Bertz CT molecular complexity index is 1120. The number of amides is 1. The van der Waals surface area contributed by atoms with Gasteiger partial charge in [-0.1, -0.05) is 24.3 Å². The topological polar surface area (TPSA) is 85.8 Å². The van der Waals surface area contributed by atoms with Gasteiger partial charge in [-0.25, -0.2) is 9.07 Å². The van der Waals surface area contributed by atoms with Crippen LogP contribution in [-0.4, -0.2) is 26.1 Å². The number of nitrogens with zero attached hydrogens (tertiary/aromatic N) is 4. The molecule has 4 aromatic rings. The Morgan fingerprint density at radius 2 is 1.96 bits per heavy atom. The zero-order valence-electron chi connectivity index (χ0n) is 14.3. The summed E-state index contributed by atoms with van der Waals surface area (Å²) in [5, 5.41) is 14.1. The number of carbonyl (C=O) groups excluding carboxylic acids is 1. The van der Waals surface area contributed by atoms with E-state index in [0.717, 1.165) is 5.56 Å². The summed E-state index contributed by atoms with van der Waals surface area (Å²) in [6, 6.07) is 16.4. The molecule has 0 atom stereocenters. The summed E-state index contributed by atoms with van der Waals surface area (Å²) in [5.74, 6) is 0.0942. The van der Waals surface area contributed by atoms with Crippen LogP contribution in [0.2, 0.25) is 0 Å². The lowest BCUT2D eigenvalue weighted by Gasteiger charge is -2.05. The van der Waals surface area contributed by atoms with Crippen LogP contribution in [-0.2, 0) is 7.05 Å². The highest BCUT2D eigenvalue weighted by atomic mass is 19.1. The summed E-state index contributed by atoms with van der Waals surface area (Å²) in [5.41, 5.74) is 1.62. The average molecular weight is 363 g/mol. The number of nitrogens with one attached hydrogen (secondary N) is 1. The SMILES string of the molecule is Cn1nnnc1-c1cccc(NC(=O)c2ccc(-c3ccccc3F)o2)c1. The number of aryl methyl sites for hydroxylation is 1. The molecule has 2 aromatic heterocycles. The first-order valence-electron chi connectivity index (χ1n) is 8.11. The van der Waals surface area contributed by atoms with E-state index in [-0.39, 0.29) is 11.5 Å². The molecule has 0 aliphatic heterocycles. The number of aromatic nitrogens is 4. The summed E-state index contributed by atoms with van der Waals surface area (Å²) < 4.78 is 20.9. The minimum Gasteiger partial charge on any atom is -0.451 e. The van der Waals surface area contributed by atoms with E-state index >= 15 is 0 Å². The lowest BCUT2D eigenvalue weighted by Crippen LogP contribution is -2.10. The normalized spacial score (nSPS) is 10.7. The van der Waals surface area contributed by atoms with E-state index in [2.05, 4.69) is 20.8 Å². The molecule has 0 spiro atoms. The minimum absolute atomic E-state index is 0.0824. The molecule has 0 aliphatic rings. The molecule has 0 saturated heterocycles. The maximum atomic E-state index is 13.9. The van der Waals surface area contributed by atoms with Gasteiger partial charge in [0.25, 0.3) is 5.91 Å². The van der Waals surface area contributed by atoms with Crippen molar-refractivity contribution in [3.05, 3.63) is 72.2 Å². The van der Waals surface area contributed by atoms with Crippen LogP contribution in [0.5, 0.6) is 0 Å². The standard InChI is InChI=1S/C19H14FN5O2/c1-25-18(22-23-24-25)12-5-4-6-13(11-12)21-19(26)17-10-9-16(27-17)14-7-2-3-8-15(14)20/h2-11H,1H3,(H,21,26). The molecule has 7 nitrogen and oxygen atoms in total. The van der Waals surface area contributed by atoms with Gasteiger partial charge >= 0.3 is 0 Å². The molecule has 0 bridgehead atoms. The number of hydrogen-bond donors (Lipinski definition) is 1. The first-order valence-corrected chi connectivity index (χ1v) is 8.11. The fourth-order valence-corrected chi connectivity index (χ4v) is 2.67. The molecule has 2 aromatic carbocycles. The van der Waals surface area contributed by atoms with E-state index in [1.807, 2.05) is 6.07 Å². The quantitative estimate of drug-likeness (QED) is 0.599. The first-order chi connectivity index (χ1) is 13.1. The maximum Gasteiger partial charge on any atom is 0.291 e. The minimum atomic E-state index is -0.439. The molecule has 4 rings (SSSR count). The highest BCUT2D eigenvalue weighted by molar-refractivity contribution is 6.02. The van der Waals surface area contributed by atoms with Crippen LogP contribution in [0.1, 0.15) is 10.6 Å². The van der Waals surface area contributed by atoms with Gasteiger partial charge in [0.05, 0.1) is 5.56 Å².